The second-order valence-corrected chi connectivity index (χ2v) is 8.89. The lowest BCUT2D eigenvalue weighted by Crippen LogP contribution is -2.45. The summed E-state index contributed by atoms with van der Waals surface area (Å²) >= 11 is 0. The number of rotatable bonds is 3. The highest BCUT2D eigenvalue weighted by atomic mass is 32.2. The van der Waals surface area contributed by atoms with E-state index in [1.165, 1.54) is 0 Å². The van der Waals surface area contributed by atoms with E-state index in [9.17, 15) is 13.2 Å². The van der Waals surface area contributed by atoms with Gasteiger partial charge in [0, 0.05) is 26.1 Å². The number of piperidine rings is 1. The van der Waals surface area contributed by atoms with E-state index in [0.717, 1.165) is 5.56 Å². The van der Waals surface area contributed by atoms with Gasteiger partial charge in [-0.1, -0.05) is 32.9 Å². The molecular weight excluding hydrogens is 312 g/mol. The van der Waals surface area contributed by atoms with Crippen LogP contribution in [0.15, 0.2) is 29.2 Å². The van der Waals surface area contributed by atoms with E-state index >= 15 is 0 Å². The summed E-state index contributed by atoms with van der Waals surface area (Å²) in [5, 5.41) is 0. The van der Waals surface area contributed by atoms with Crippen molar-refractivity contribution >= 4 is 15.9 Å². The number of amides is 1. The van der Waals surface area contributed by atoms with Crippen LogP contribution < -0.4 is 4.72 Å². The van der Waals surface area contributed by atoms with Crippen LogP contribution in [0, 0.1) is 0 Å². The first-order valence-corrected chi connectivity index (χ1v) is 9.46. The van der Waals surface area contributed by atoms with Gasteiger partial charge in [0.05, 0.1) is 4.90 Å². The molecule has 2 rings (SSSR count). The summed E-state index contributed by atoms with van der Waals surface area (Å²) in [4.78, 5) is 13.4. The maximum absolute atomic E-state index is 12.5. The number of carbonyl (C=O) groups is 1. The van der Waals surface area contributed by atoms with Gasteiger partial charge in [-0.25, -0.2) is 13.1 Å². The zero-order valence-electron chi connectivity index (χ0n) is 14.3. The summed E-state index contributed by atoms with van der Waals surface area (Å²) in [7, 11) is -3.51. The third-order valence-corrected chi connectivity index (χ3v) is 5.83. The molecule has 1 aromatic carbocycles. The molecule has 1 aromatic rings. The highest BCUT2D eigenvalue weighted by Gasteiger charge is 2.25. The zero-order chi connectivity index (χ0) is 17.3. The first-order chi connectivity index (χ1) is 10.6. The molecule has 1 saturated heterocycles. The van der Waals surface area contributed by atoms with Gasteiger partial charge in [0.15, 0.2) is 0 Å². The Morgan fingerprint density at radius 3 is 2.09 bits per heavy atom. The van der Waals surface area contributed by atoms with Crippen LogP contribution in [0.4, 0.5) is 0 Å². The summed E-state index contributed by atoms with van der Waals surface area (Å²) in [6, 6.07) is 6.94. The molecule has 0 radical (unpaired) electrons. The number of likely N-dealkylation sites (tertiary alicyclic amines) is 1. The molecule has 128 valence electrons. The van der Waals surface area contributed by atoms with E-state index in [-0.39, 0.29) is 17.4 Å². The number of hydrogen-bond donors (Lipinski definition) is 1. The lowest BCUT2D eigenvalue weighted by atomic mass is 9.87. The molecule has 23 heavy (non-hydrogen) atoms. The van der Waals surface area contributed by atoms with E-state index < -0.39 is 10.0 Å². The molecule has 5 nitrogen and oxygen atoms in total. The molecule has 0 unspecified atom stereocenters. The van der Waals surface area contributed by atoms with E-state index in [2.05, 4.69) is 25.5 Å². The summed E-state index contributed by atoms with van der Waals surface area (Å²) in [5.41, 5.74) is 1.10. The van der Waals surface area contributed by atoms with Crippen LogP contribution in [-0.4, -0.2) is 38.4 Å². The molecule has 0 bridgehead atoms. The van der Waals surface area contributed by atoms with Crippen LogP contribution in [0.5, 0.6) is 0 Å². The molecular formula is C17H26N2O3S. The van der Waals surface area contributed by atoms with Crippen molar-refractivity contribution in [2.45, 2.75) is 56.9 Å². The molecule has 0 atom stereocenters. The fourth-order valence-electron chi connectivity index (χ4n) is 2.73. The van der Waals surface area contributed by atoms with E-state index in [0.29, 0.717) is 30.8 Å². The average molecular weight is 338 g/mol. The van der Waals surface area contributed by atoms with Crippen LogP contribution in [-0.2, 0) is 20.2 Å². The monoisotopic (exact) mass is 338 g/mol. The normalized spacial score (nSPS) is 17.3. The molecule has 0 aliphatic carbocycles. The average Bonchev–Trinajstić information content (AvgIpc) is 2.46. The minimum absolute atomic E-state index is 0.00472. The number of hydrogen-bond acceptors (Lipinski definition) is 3. The number of nitrogens with zero attached hydrogens (tertiary/aromatic N) is 1. The Kier molecular flexibility index (Phi) is 5.16. The third kappa shape index (κ3) is 4.54. The number of sulfonamides is 1. The molecule has 1 aliphatic heterocycles. The van der Waals surface area contributed by atoms with Gasteiger partial charge < -0.3 is 4.90 Å². The van der Waals surface area contributed by atoms with Crippen molar-refractivity contribution in [2.24, 2.45) is 0 Å². The quantitative estimate of drug-likeness (QED) is 0.919. The first kappa shape index (κ1) is 17.9. The molecule has 0 spiro atoms. The molecule has 0 saturated carbocycles. The Balaban J connectivity index is 2.04. The van der Waals surface area contributed by atoms with Crippen molar-refractivity contribution < 1.29 is 13.2 Å². The van der Waals surface area contributed by atoms with Gasteiger partial charge in [0.1, 0.15) is 0 Å². The van der Waals surface area contributed by atoms with Crippen LogP contribution >= 0.6 is 0 Å². The van der Waals surface area contributed by atoms with Gasteiger partial charge in [-0.05, 0) is 36.0 Å². The minimum atomic E-state index is -3.51. The molecule has 1 amide bonds. The molecule has 0 aromatic heterocycles. The van der Waals surface area contributed by atoms with E-state index in [1.54, 1.807) is 24.0 Å². The summed E-state index contributed by atoms with van der Waals surface area (Å²) in [6.07, 6.45) is 1.30. The lowest BCUT2D eigenvalue weighted by Gasteiger charge is -2.31. The number of nitrogens with one attached hydrogen (secondary N) is 1. The fraction of sp³-hybridized carbons (Fsp3) is 0.588. The van der Waals surface area contributed by atoms with Crippen molar-refractivity contribution in [3.05, 3.63) is 29.8 Å². The number of carbonyl (C=O) groups excluding carboxylic acids is 1. The summed E-state index contributed by atoms with van der Waals surface area (Å²) in [5.74, 6) is 0.0454. The van der Waals surface area contributed by atoms with E-state index in [4.69, 9.17) is 0 Å². The molecule has 1 fully saturated rings. The van der Waals surface area contributed by atoms with Crippen molar-refractivity contribution in [3.63, 3.8) is 0 Å². The smallest absolute Gasteiger partial charge is 0.240 e. The molecule has 6 heteroatoms. The summed E-state index contributed by atoms with van der Waals surface area (Å²) < 4.78 is 27.7. The van der Waals surface area contributed by atoms with Gasteiger partial charge in [0.25, 0.3) is 0 Å². The number of benzene rings is 1. The van der Waals surface area contributed by atoms with Crippen molar-refractivity contribution in [1.82, 2.24) is 9.62 Å². The molecule has 1 N–H and O–H groups in total. The highest BCUT2D eigenvalue weighted by Crippen LogP contribution is 2.23. The Hall–Kier alpha value is -1.40. The van der Waals surface area contributed by atoms with Gasteiger partial charge >= 0.3 is 0 Å². The van der Waals surface area contributed by atoms with E-state index in [1.807, 2.05) is 12.1 Å². The van der Waals surface area contributed by atoms with Gasteiger partial charge in [-0.3, -0.25) is 4.79 Å². The predicted octanol–water partition coefficient (Wildman–Crippen LogP) is 2.27. The van der Waals surface area contributed by atoms with Gasteiger partial charge in [-0.2, -0.15) is 0 Å². The zero-order valence-corrected chi connectivity index (χ0v) is 15.1. The van der Waals surface area contributed by atoms with Crippen LogP contribution in [0.25, 0.3) is 0 Å². The van der Waals surface area contributed by atoms with Gasteiger partial charge in [0.2, 0.25) is 15.9 Å². The van der Waals surface area contributed by atoms with Crippen LogP contribution in [0.3, 0.4) is 0 Å². The largest absolute Gasteiger partial charge is 0.343 e. The molecule has 1 aliphatic rings. The predicted molar refractivity (Wildman–Crippen MR) is 90.7 cm³/mol. The van der Waals surface area contributed by atoms with Gasteiger partial charge in [-0.15, -0.1) is 0 Å². The Bertz CT molecular complexity index is 652. The second-order valence-electron chi connectivity index (χ2n) is 7.18. The lowest BCUT2D eigenvalue weighted by molar-refractivity contribution is -0.129. The second kappa shape index (κ2) is 6.61. The maximum atomic E-state index is 12.5. The Morgan fingerprint density at radius 1 is 1.13 bits per heavy atom. The third-order valence-electron chi connectivity index (χ3n) is 4.29. The van der Waals surface area contributed by atoms with Crippen molar-refractivity contribution in [3.8, 4) is 0 Å². The van der Waals surface area contributed by atoms with Crippen LogP contribution in [0.1, 0.15) is 46.1 Å². The fourth-order valence-corrected chi connectivity index (χ4v) is 4.04. The molecule has 1 heterocycles. The standard InChI is InChI=1S/C17H26N2O3S/c1-13(20)19-11-9-15(10-12-19)18-23(21,22)16-7-5-14(6-8-16)17(2,3)4/h5-8,15,18H,9-12H2,1-4H3. The highest BCUT2D eigenvalue weighted by molar-refractivity contribution is 7.89. The SMILES string of the molecule is CC(=O)N1CCC(NS(=O)(=O)c2ccc(C(C)(C)C)cc2)CC1. The Morgan fingerprint density at radius 2 is 1.65 bits per heavy atom. The topological polar surface area (TPSA) is 66.5 Å². The maximum Gasteiger partial charge on any atom is 0.240 e. The minimum Gasteiger partial charge on any atom is -0.343 e. The van der Waals surface area contributed by atoms with Crippen LogP contribution in [0.2, 0.25) is 0 Å². The summed E-state index contributed by atoms with van der Waals surface area (Å²) in [6.45, 7) is 9.03. The first-order valence-electron chi connectivity index (χ1n) is 7.98. The Labute approximate surface area is 139 Å². The van der Waals surface area contributed by atoms with Crippen molar-refractivity contribution in [1.29, 1.82) is 0 Å². The van der Waals surface area contributed by atoms with Crippen molar-refractivity contribution in [2.75, 3.05) is 13.1 Å².